The molecule has 3 rings (SSSR count). The van der Waals surface area contributed by atoms with Gasteiger partial charge >= 0.3 is 6.03 Å². The first kappa shape index (κ1) is 16.8. The third-order valence-electron chi connectivity index (χ3n) is 4.34. The summed E-state index contributed by atoms with van der Waals surface area (Å²) in [6, 6.07) is 15.0. The molecule has 0 heterocycles. The highest BCUT2D eigenvalue weighted by Gasteiger charge is 2.33. The topological polar surface area (TPSA) is 61.4 Å². The van der Waals surface area contributed by atoms with Gasteiger partial charge in [0.05, 0.1) is 12.6 Å². The predicted octanol–water partition coefficient (Wildman–Crippen LogP) is 3.78. The van der Waals surface area contributed by atoms with Gasteiger partial charge in [0.1, 0.15) is 0 Å². The fourth-order valence-corrected chi connectivity index (χ4v) is 2.95. The van der Waals surface area contributed by atoms with Gasteiger partial charge < -0.3 is 15.7 Å². The molecule has 1 fully saturated rings. The number of carbonyl (C=O) groups is 1. The standard InChI is InChI=1S/C19H21ClN2O2/c20-17-9-7-14(8-10-17)18(13-5-6-13)22-19(24)21-11-15-3-1-2-4-16(15)12-23/h1-4,7-10,13,18,23H,5-6,11-12H2,(H2,21,22,24). The number of aliphatic hydroxyl groups is 1. The zero-order valence-corrected chi connectivity index (χ0v) is 14.1. The van der Waals surface area contributed by atoms with E-state index in [1.807, 2.05) is 48.5 Å². The average Bonchev–Trinajstić information content (AvgIpc) is 3.44. The number of aliphatic hydroxyl groups excluding tert-OH is 1. The van der Waals surface area contributed by atoms with Crippen LogP contribution < -0.4 is 10.6 Å². The van der Waals surface area contributed by atoms with E-state index < -0.39 is 0 Å². The molecule has 0 bridgehead atoms. The van der Waals surface area contributed by atoms with E-state index in [1.165, 1.54) is 0 Å². The maximum atomic E-state index is 12.3. The second-order valence-electron chi connectivity index (χ2n) is 6.12. The molecule has 1 saturated carbocycles. The first-order valence-electron chi connectivity index (χ1n) is 8.15. The van der Waals surface area contributed by atoms with Crippen LogP contribution in [0.2, 0.25) is 5.02 Å². The van der Waals surface area contributed by atoms with Gasteiger partial charge in [-0.3, -0.25) is 0 Å². The summed E-state index contributed by atoms with van der Waals surface area (Å²) in [5.74, 6) is 0.488. The van der Waals surface area contributed by atoms with Crippen LogP contribution in [0.5, 0.6) is 0 Å². The van der Waals surface area contributed by atoms with Crippen molar-refractivity contribution in [1.29, 1.82) is 0 Å². The maximum absolute atomic E-state index is 12.3. The number of urea groups is 1. The molecule has 2 aromatic carbocycles. The molecule has 2 aromatic rings. The molecule has 0 aromatic heterocycles. The molecule has 4 nitrogen and oxygen atoms in total. The molecule has 24 heavy (non-hydrogen) atoms. The van der Waals surface area contributed by atoms with E-state index in [1.54, 1.807) is 0 Å². The molecule has 1 aliphatic carbocycles. The highest BCUT2D eigenvalue weighted by molar-refractivity contribution is 6.30. The Labute approximate surface area is 146 Å². The molecule has 0 aliphatic heterocycles. The van der Waals surface area contributed by atoms with Gasteiger partial charge in [-0.25, -0.2) is 4.79 Å². The first-order chi connectivity index (χ1) is 11.7. The number of benzene rings is 2. The number of hydrogen-bond donors (Lipinski definition) is 3. The smallest absolute Gasteiger partial charge is 0.315 e. The molecule has 0 spiro atoms. The minimum absolute atomic E-state index is 0.00959. The monoisotopic (exact) mass is 344 g/mol. The number of rotatable bonds is 6. The van der Waals surface area contributed by atoms with Crippen molar-refractivity contribution >= 4 is 17.6 Å². The lowest BCUT2D eigenvalue weighted by Crippen LogP contribution is -2.38. The number of amides is 2. The van der Waals surface area contributed by atoms with Gasteiger partial charge in [0, 0.05) is 11.6 Å². The van der Waals surface area contributed by atoms with Gasteiger partial charge in [-0.1, -0.05) is 48.0 Å². The second-order valence-corrected chi connectivity index (χ2v) is 6.56. The first-order valence-corrected chi connectivity index (χ1v) is 8.52. The van der Waals surface area contributed by atoms with E-state index in [2.05, 4.69) is 10.6 Å². The van der Waals surface area contributed by atoms with Crippen LogP contribution in [0.25, 0.3) is 0 Å². The quantitative estimate of drug-likeness (QED) is 0.746. The van der Waals surface area contributed by atoms with Crippen molar-refractivity contribution in [1.82, 2.24) is 10.6 Å². The maximum Gasteiger partial charge on any atom is 0.315 e. The van der Waals surface area contributed by atoms with Crippen molar-refractivity contribution in [3.8, 4) is 0 Å². The van der Waals surface area contributed by atoms with Crippen molar-refractivity contribution in [3.63, 3.8) is 0 Å². The number of hydrogen-bond acceptors (Lipinski definition) is 2. The lowest BCUT2D eigenvalue weighted by Gasteiger charge is -2.19. The van der Waals surface area contributed by atoms with Crippen LogP contribution in [0.4, 0.5) is 4.79 Å². The van der Waals surface area contributed by atoms with Crippen LogP contribution in [0.3, 0.4) is 0 Å². The largest absolute Gasteiger partial charge is 0.392 e. The molecule has 5 heteroatoms. The van der Waals surface area contributed by atoms with E-state index in [9.17, 15) is 9.90 Å². The minimum Gasteiger partial charge on any atom is -0.392 e. The van der Waals surface area contributed by atoms with E-state index in [-0.39, 0.29) is 18.7 Å². The van der Waals surface area contributed by atoms with Crippen molar-refractivity contribution in [2.24, 2.45) is 5.92 Å². The summed E-state index contributed by atoms with van der Waals surface area (Å²) in [6.45, 7) is 0.357. The predicted molar refractivity (Wildman–Crippen MR) is 94.7 cm³/mol. The van der Waals surface area contributed by atoms with Crippen LogP contribution in [0.1, 0.15) is 35.6 Å². The summed E-state index contributed by atoms with van der Waals surface area (Å²) in [5, 5.41) is 16.0. The zero-order chi connectivity index (χ0) is 16.9. The Morgan fingerprint density at radius 1 is 1.12 bits per heavy atom. The van der Waals surface area contributed by atoms with Gasteiger partial charge in [0.25, 0.3) is 0 Å². The minimum atomic E-state index is -0.199. The Balaban J connectivity index is 1.61. The van der Waals surface area contributed by atoms with Crippen molar-refractivity contribution in [2.45, 2.75) is 32.0 Å². The Bertz CT molecular complexity index is 699. The zero-order valence-electron chi connectivity index (χ0n) is 13.3. The molecular formula is C19H21ClN2O2. The highest BCUT2D eigenvalue weighted by Crippen LogP contribution is 2.41. The van der Waals surface area contributed by atoms with Crippen molar-refractivity contribution in [2.75, 3.05) is 0 Å². The molecule has 2 amide bonds. The van der Waals surface area contributed by atoms with E-state index in [4.69, 9.17) is 11.6 Å². The third-order valence-corrected chi connectivity index (χ3v) is 4.59. The summed E-state index contributed by atoms with van der Waals surface area (Å²) in [7, 11) is 0. The summed E-state index contributed by atoms with van der Waals surface area (Å²) in [4.78, 5) is 12.3. The van der Waals surface area contributed by atoms with Gasteiger partial charge in [-0.05, 0) is 47.6 Å². The van der Waals surface area contributed by atoms with Crippen LogP contribution in [-0.2, 0) is 13.2 Å². The molecule has 126 valence electrons. The van der Waals surface area contributed by atoms with Crippen LogP contribution in [-0.4, -0.2) is 11.1 Å². The fraction of sp³-hybridized carbons (Fsp3) is 0.316. The number of carbonyl (C=O) groups excluding carboxylic acids is 1. The Morgan fingerprint density at radius 3 is 2.42 bits per heavy atom. The van der Waals surface area contributed by atoms with Gasteiger partial charge in [-0.2, -0.15) is 0 Å². The summed E-state index contributed by atoms with van der Waals surface area (Å²) < 4.78 is 0. The van der Waals surface area contributed by atoms with Crippen molar-refractivity contribution < 1.29 is 9.90 Å². The van der Waals surface area contributed by atoms with Gasteiger partial charge in [-0.15, -0.1) is 0 Å². The fourth-order valence-electron chi connectivity index (χ4n) is 2.82. The number of nitrogens with one attached hydrogen (secondary N) is 2. The Hall–Kier alpha value is -2.04. The summed E-state index contributed by atoms with van der Waals surface area (Å²) in [5.41, 5.74) is 2.83. The van der Waals surface area contributed by atoms with E-state index >= 15 is 0 Å². The molecule has 0 saturated heterocycles. The Kier molecular flexibility index (Phi) is 5.38. The van der Waals surface area contributed by atoms with Gasteiger partial charge in [0.15, 0.2) is 0 Å². The third kappa shape index (κ3) is 4.28. The SMILES string of the molecule is O=C(NCc1ccccc1CO)NC(c1ccc(Cl)cc1)C1CC1. The van der Waals surface area contributed by atoms with Crippen LogP contribution in [0.15, 0.2) is 48.5 Å². The highest BCUT2D eigenvalue weighted by atomic mass is 35.5. The lowest BCUT2D eigenvalue weighted by atomic mass is 10.0. The van der Waals surface area contributed by atoms with Crippen LogP contribution in [0, 0.1) is 5.92 Å². The summed E-state index contributed by atoms with van der Waals surface area (Å²) in [6.07, 6.45) is 2.25. The van der Waals surface area contributed by atoms with Crippen molar-refractivity contribution in [3.05, 3.63) is 70.2 Å². The Morgan fingerprint density at radius 2 is 1.79 bits per heavy atom. The molecule has 0 radical (unpaired) electrons. The van der Waals surface area contributed by atoms with E-state index in [0.717, 1.165) is 29.5 Å². The van der Waals surface area contributed by atoms with Crippen LogP contribution >= 0.6 is 11.6 Å². The molecule has 1 atom stereocenters. The molecule has 3 N–H and O–H groups in total. The van der Waals surface area contributed by atoms with E-state index in [0.29, 0.717) is 17.5 Å². The molecule has 1 aliphatic rings. The summed E-state index contributed by atoms with van der Waals surface area (Å²) >= 11 is 5.94. The average molecular weight is 345 g/mol. The molecule has 1 unspecified atom stereocenters. The van der Waals surface area contributed by atoms with Gasteiger partial charge in [0.2, 0.25) is 0 Å². The second kappa shape index (κ2) is 7.69. The molecular weight excluding hydrogens is 324 g/mol. The lowest BCUT2D eigenvalue weighted by molar-refractivity contribution is 0.235. The normalized spacial score (nSPS) is 14.9. The number of halogens is 1.